The molecule has 2 N–H and O–H groups in total. The van der Waals surface area contributed by atoms with E-state index in [-0.39, 0.29) is 24.1 Å². The Labute approximate surface area is 212 Å². The number of ether oxygens (including phenoxy) is 1. The number of thioether (sulfide) groups is 1. The quantitative estimate of drug-likeness (QED) is 0.324. The first-order valence-electron chi connectivity index (χ1n) is 11.2. The number of amides is 2. The van der Waals surface area contributed by atoms with Crippen LogP contribution in [0.25, 0.3) is 0 Å². The second kappa shape index (κ2) is 11.5. The number of hydrogen-bond donors (Lipinski definition) is 2. The lowest BCUT2D eigenvalue weighted by Crippen LogP contribution is -2.27. The van der Waals surface area contributed by atoms with Gasteiger partial charge in [0, 0.05) is 28.2 Å². The summed E-state index contributed by atoms with van der Waals surface area (Å²) in [6, 6.07) is 20.1. The molecule has 0 spiro atoms. The minimum Gasteiger partial charge on any atom is -0.406 e. The molecule has 0 saturated carbocycles. The minimum absolute atomic E-state index is 0.0725. The number of benzene rings is 3. The maximum absolute atomic E-state index is 12.6. The third-order valence-electron chi connectivity index (χ3n) is 5.01. The van der Waals surface area contributed by atoms with Gasteiger partial charge < -0.3 is 15.4 Å². The van der Waals surface area contributed by atoms with Gasteiger partial charge in [0.1, 0.15) is 5.75 Å². The number of rotatable bonds is 8. The molecule has 0 aliphatic rings. The van der Waals surface area contributed by atoms with Gasteiger partial charge in [-0.1, -0.05) is 57.2 Å². The molecular weight excluding hydrogens is 489 g/mol. The predicted octanol–water partition coefficient (Wildman–Crippen LogP) is 6.79. The number of carbonyl (C=O) groups excluding carboxylic acids is 2. The van der Waals surface area contributed by atoms with Gasteiger partial charge in [-0.2, -0.15) is 0 Å². The molecule has 0 unspecified atom stereocenters. The Morgan fingerprint density at radius 1 is 0.889 bits per heavy atom. The van der Waals surface area contributed by atoms with Gasteiger partial charge in [-0.15, -0.1) is 24.9 Å². The van der Waals surface area contributed by atoms with E-state index in [0.717, 1.165) is 16.1 Å². The number of hydrogen-bond acceptors (Lipinski definition) is 4. The van der Waals surface area contributed by atoms with Crippen molar-refractivity contribution in [1.82, 2.24) is 5.32 Å². The monoisotopic (exact) mass is 516 g/mol. The fourth-order valence-electron chi connectivity index (χ4n) is 3.06. The van der Waals surface area contributed by atoms with E-state index in [4.69, 9.17) is 0 Å². The normalized spacial score (nSPS) is 11.6. The number of carbonyl (C=O) groups is 2. The molecule has 190 valence electrons. The van der Waals surface area contributed by atoms with Crippen LogP contribution in [0.1, 0.15) is 42.3 Å². The second-order valence-corrected chi connectivity index (χ2v) is 10.1. The minimum atomic E-state index is -4.75. The lowest BCUT2D eigenvalue weighted by atomic mass is 9.95. The van der Waals surface area contributed by atoms with Crippen LogP contribution in [0.4, 0.5) is 18.9 Å². The van der Waals surface area contributed by atoms with E-state index in [1.807, 2.05) is 51.1 Å². The SMILES string of the molecule is CC(C)(C)C(=O)Nc1ccccc1SCc1cccc(C(=O)NCc2ccc(OC(F)(F)F)cc2)c1. The molecule has 0 aliphatic carbocycles. The molecule has 0 atom stereocenters. The Balaban J connectivity index is 1.58. The van der Waals surface area contributed by atoms with Crippen molar-refractivity contribution < 1.29 is 27.5 Å². The van der Waals surface area contributed by atoms with Gasteiger partial charge >= 0.3 is 6.36 Å². The van der Waals surface area contributed by atoms with Crippen molar-refractivity contribution in [3.05, 3.63) is 89.5 Å². The topological polar surface area (TPSA) is 67.4 Å². The first-order valence-corrected chi connectivity index (χ1v) is 12.1. The Kier molecular flexibility index (Phi) is 8.68. The predicted molar refractivity (Wildman–Crippen MR) is 135 cm³/mol. The summed E-state index contributed by atoms with van der Waals surface area (Å²) in [6.07, 6.45) is -4.75. The number of alkyl halides is 3. The fourth-order valence-corrected chi connectivity index (χ4v) is 4.01. The summed E-state index contributed by atoms with van der Waals surface area (Å²) in [5.41, 5.74) is 2.26. The standard InChI is InChI=1S/C27H27F3N2O3S/c1-26(2,3)25(34)32-22-9-4-5-10-23(22)36-17-19-7-6-8-20(15-19)24(33)31-16-18-11-13-21(14-12-18)35-27(28,29)30/h4-15H,16-17H2,1-3H3,(H,31,33)(H,32,34). The van der Waals surface area contributed by atoms with E-state index in [1.165, 1.54) is 24.3 Å². The third kappa shape index (κ3) is 8.34. The molecule has 0 fully saturated rings. The fraction of sp³-hybridized carbons (Fsp3) is 0.259. The number of para-hydroxylation sites is 1. The summed E-state index contributed by atoms with van der Waals surface area (Å²) in [7, 11) is 0. The average Bonchev–Trinajstić information content (AvgIpc) is 2.81. The van der Waals surface area contributed by atoms with Crippen LogP contribution in [0.2, 0.25) is 0 Å². The number of nitrogens with one attached hydrogen (secondary N) is 2. The van der Waals surface area contributed by atoms with Crippen LogP contribution in [0, 0.1) is 5.41 Å². The van der Waals surface area contributed by atoms with Crippen molar-refractivity contribution in [1.29, 1.82) is 0 Å². The Morgan fingerprint density at radius 3 is 2.25 bits per heavy atom. The molecule has 0 saturated heterocycles. The summed E-state index contributed by atoms with van der Waals surface area (Å²) >= 11 is 1.55. The zero-order valence-corrected chi connectivity index (χ0v) is 20.9. The number of halogens is 3. The molecule has 0 heterocycles. The second-order valence-electron chi connectivity index (χ2n) is 9.06. The zero-order valence-electron chi connectivity index (χ0n) is 20.1. The first-order chi connectivity index (χ1) is 16.9. The van der Waals surface area contributed by atoms with E-state index in [9.17, 15) is 22.8 Å². The number of anilines is 1. The van der Waals surface area contributed by atoms with Crippen LogP contribution < -0.4 is 15.4 Å². The van der Waals surface area contributed by atoms with Crippen LogP contribution in [-0.2, 0) is 17.1 Å². The molecule has 3 aromatic carbocycles. The molecule has 0 bridgehead atoms. The first kappa shape index (κ1) is 27.1. The Morgan fingerprint density at radius 2 is 1.58 bits per heavy atom. The van der Waals surface area contributed by atoms with Gasteiger partial charge in [0.25, 0.3) is 5.91 Å². The van der Waals surface area contributed by atoms with Crippen molar-refractivity contribution in [2.75, 3.05) is 5.32 Å². The highest BCUT2D eigenvalue weighted by Gasteiger charge is 2.31. The maximum atomic E-state index is 12.6. The van der Waals surface area contributed by atoms with E-state index in [2.05, 4.69) is 15.4 Å². The Hall–Kier alpha value is -3.46. The molecule has 0 aromatic heterocycles. The molecule has 0 radical (unpaired) electrons. The van der Waals surface area contributed by atoms with Crippen molar-refractivity contribution in [3.8, 4) is 5.75 Å². The van der Waals surface area contributed by atoms with E-state index < -0.39 is 11.8 Å². The van der Waals surface area contributed by atoms with Gasteiger partial charge in [0.15, 0.2) is 0 Å². The van der Waals surface area contributed by atoms with Crippen LogP contribution in [-0.4, -0.2) is 18.2 Å². The van der Waals surface area contributed by atoms with E-state index in [1.54, 1.807) is 30.0 Å². The lowest BCUT2D eigenvalue weighted by Gasteiger charge is -2.19. The Bertz CT molecular complexity index is 1210. The molecule has 2 amide bonds. The highest BCUT2D eigenvalue weighted by molar-refractivity contribution is 7.98. The summed E-state index contributed by atoms with van der Waals surface area (Å²) in [4.78, 5) is 25.9. The molecule has 3 rings (SSSR count). The van der Waals surface area contributed by atoms with Gasteiger partial charge in [-0.3, -0.25) is 9.59 Å². The van der Waals surface area contributed by atoms with E-state index >= 15 is 0 Å². The van der Waals surface area contributed by atoms with Crippen molar-refractivity contribution in [2.45, 2.75) is 44.3 Å². The van der Waals surface area contributed by atoms with Crippen molar-refractivity contribution in [3.63, 3.8) is 0 Å². The zero-order chi connectivity index (χ0) is 26.3. The van der Waals surface area contributed by atoms with Crippen molar-refractivity contribution >= 4 is 29.3 Å². The van der Waals surface area contributed by atoms with Gasteiger partial charge in [-0.25, -0.2) is 0 Å². The van der Waals surface area contributed by atoms with Crippen molar-refractivity contribution in [2.24, 2.45) is 5.41 Å². The van der Waals surface area contributed by atoms with Crippen LogP contribution >= 0.6 is 11.8 Å². The third-order valence-corrected chi connectivity index (χ3v) is 6.15. The maximum Gasteiger partial charge on any atom is 0.573 e. The van der Waals surface area contributed by atoms with Gasteiger partial charge in [-0.05, 0) is 47.5 Å². The smallest absolute Gasteiger partial charge is 0.406 e. The van der Waals surface area contributed by atoms with Crippen LogP contribution in [0.5, 0.6) is 5.75 Å². The lowest BCUT2D eigenvalue weighted by molar-refractivity contribution is -0.274. The average molecular weight is 517 g/mol. The van der Waals surface area contributed by atoms with E-state index in [0.29, 0.717) is 16.9 Å². The molecule has 36 heavy (non-hydrogen) atoms. The van der Waals surface area contributed by atoms with Gasteiger partial charge in [0.2, 0.25) is 5.91 Å². The van der Waals surface area contributed by atoms with Crippen LogP contribution in [0.3, 0.4) is 0 Å². The highest BCUT2D eigenvalue weighted by Crippen LogP contribution is 2.31. The molecular formula is C27H27F3N2O3S. The largest absolute Gasteiger partial charge is 0.573 e. The summed E-state index contributed by atoms with van der Waals surface area (Å²) in [6.45, 7) is 5.72. The molecule has 5 nitrogen and oxygen atoms in total. The summed E-state index contributed by atoms with van der Waals surface area (Å²) in [5.74, 6) is -0.0983. The molecule has 0 aliphatic heterocycles. The van der Waals surface area contributed by atoms with Crippen LogP contribution in [0.15, 0.2) is 77.7 Å². The highest BCUT2D eigenvalue weighted by atomic mass is 32.2. The summed E-state index contributed by atoms with van der Waals surface area (Å²) < 4.78 is 40.7. The van der Waals surface area contributed by atoms with Gasteiger partial charge in [0.05, 0.1) is 5.69 Å². The summed E-state index contributed by atoms with van der Waals surface area (Å²) in [5, 5.41) is 5.75. The molecule has 9 heteroatoms. The molecule has 3 aromatic rings.